The van der Waals surface area contributed by atoms with Crippen molar-refractivity contribution < 1.29 is 4.39 Å². The fraction of sp³-hybridized carbons (Fsp3) is 0.571. The van der Waals surface area contributed by atoms with Gasteiger partial charge in [-0.15, -0.1) is 0 Å². The van der Waals surface area contributed by atoms with Gasteiger partial charge in [-0.2, -0.15) is 0 Å². The maximum atomic E-state index is 13.9. The average molecular weight is 302 g/mol. The van der Waals surface area contributed by atoms with Gasteiger partial charge in [0, 0.05) is 10.5 Å². The van der Waals surface area contributed by atoms with Crippen molar-refractivity contribution in [1.29, 1.82) is 0 Å². The first-order valence-electron chi connectivity index (χ1n) is 6.15. The summed E-state index contributed by atoms with van der Waals surface area (Å²) in [5.41, 5.74) is 0.785. The average Bonchev–Trinajstić information content (AvgIpc) is 2.24. The number of benzene rings is 1. The van der Waals surface area contributed by atoms with Crippen LogP contribution >= 0.6 is 15.9 Å². The van der Waals surface area contributed by atoms with Crippen LogP contribution in [0, 0.1) is 11.7 Å². The second-order valence-electron chi connectivity index (χ2n) is 4.78. The molecule has 2 atom stereocenters. The highest BCUT2D eigenvalue weighted by molar-refractivity contribution is 9.10. The lowest BCUT2D eigenvalue weighted by molar-refractivity contribution is 0.354. The Morgan fingerprint density at radius 2 is 1.94 bits per heavy atom. The molecule has 0 spiro atoms. The molecule has 17 heavy (non-hydrogen) atoms. The molecule has 0 saturated heterocycles. The number of nitrogens with one attached hydrogen (secondary N) is 1. The predicted octanol–water partition coefficient (Wildman–Crippen LogP) is 4.33. The van der Waals surface area contributed by atoms with Crippen LogP contribution < -0.4 is 5.32 Å². The van der Waals surface area contributed by atoms with E-state index in [0.29, 0.717) is 12.0 Å². The number of rotatable bonds is 5. The fourth-order valence-electron chi connectivity index (χ4n) is 2.29. The molecule has 0 radical (unpaired) electrons. The summed E-state index contributed by atoms with van der Waals surface area (Å²) in [6.07, 6.45) is 0. The van der Waals surface area contributed by atoms with E-state index in [-0.39, 0.29) is 11.7 Å². The summed E-state index contributed by atoms with van der Waals surface area (Å²) in [5.74, 6) is 0.520. The van der Waals surface area contributed by atoms with Crippen molar-refractivity contribution in [2.24, 2.45) is 5.92 Å². The molecule has 0 aliphatic rings. The predicted molar refractivity (Wildman–Crippen MR) is 74.8 cm³/mol. The molecule has 1 rings (SSSR count). The first-order chi connectivity index (χ1) is 7.97. The Bertz CT molecular complexity index is 365. The summed E-state index contributed by atoms with van der Waals surface area (Å²) >= 11 is 3.29. The minimum atomic E-state index is -0.129. The van der Waals surface area contributed by atoms with Crippen LogP contribution in [0.5, 0.6) is 0 Å². The molecular formula is C14H21BrFN. The second kappa shape index (κ2) is 6.50. The van der Waals surface area contributed by atoms with Crippen molar-refractivity contribution in [2.45, 2.75) is 39.7 Å². The van der Waals surface area contributed by atoms with Crippen molar-refractivity contribution >= 4 is 15.9 Å². The highest BCUT2D eigenvalue weighted by Gasteiger charge is 2.23. The molecule has 1 N–H and O–H groups in total. The minimum Gasteiger partial charge on any atom is -0.313 e. The van der Waals surface area contributed by atoms with Gasteiger partial charge in [-0.1, -0.05) is 49.7 Å². The molecule has 1 nitrogen and oxygen atoms in total. The molecule has 0 saturated carbocycles. The van der Waals surface area contributed by atoms with Gasteiger partial charge in [0.15, 0.2) is 0 Å². The van der Waals surface area contributed by atoms with Gasteiger partial charge in [-0.3, -0.25) is 0 Å². The molecule has 0 aromatic heterocycles. The largest absolute Gasteiger partial charge is 0.313 e. The van der Waals surface area contributed by atoms with Gasteiger partial charge in [0.2, 0.25) is 0 Å². The van der Waals surface area contributed by atoms with Gasteiger partial charge >= 0.3 is 0 Å². The summed E-state index contributed by atoms with van der Waals surface area (Å²) < 4.78 is 14.7. The van der Waals surface area contributed by atoms with Crippen molar-refractivity contribution in [2.75, 3.05) is 6.54 Å². The minimum absolute atomic E-state index is 0.129. The van der Waals surface area contributed by atoms with Crippen molar-refractivity contribution in [3.63, 3.8) is 0 Å². The summed E-state index contributed by atoms with van der Waals surface area (Å²) in [7, 11) is 0. The highest BCUT2D eigenvalue weighted by Crippen LogP contribution is 2.27. The lowest BCUT2D eigenvalue weighted by Gasteiger charge is -2.29. The lowest BCUT2D eigenvalue weighted by atomic mass is 9.86. The molecule has 96 valence electrons. The van der Waals surface area contributed by atoms with Crippen LogP contribution in [0.25, 0.3) is 0 Å². The molecule has 0 fully saturated rings. The van der Waals surface area contributed by atoms with Gasteiger partial charge in [-0.05, 0) is 36.1 Å². The molecule has 1 aromatic carbocycles. The Labute approximate surface area is 112 Å². The fourth-order valence-corrected chi connectivity index (χ4v) is 2.62. The SMILES string of the molecule is CCNC(C(C)C)C(C)c1ccc(Br)cc1F. The van der Waals surface area contributed by atoms with Crippen molar-refractivity contribution in [1.82, 2.24) is 5.32 Å². The third-order valence-corrected chi connectivity index (χ3v) is 3.64. The number of halogens is 2. The normalized spacial score (nSPS) is 15.0. The maximum Gasteiger partial charge on any atom is 0.127 e. The number of hydrogen-bond acceptors (Lipinski definition) is 1. The zero-order valence-electron chi connectivity index (χ0n) is 10.9. The van der Waals surface area contributed by atoms with Gasteiger partial charge in [0.05, 0.1) is 0 Å². The Hall–Kier alpha value is -0.410. The molecule has 1 aromatic rings. The molecule has 0 aliphatic carbocycles. The smallest absolute Gasteiger partial charge is 0.127 e. The zero-order valence-corrected chi connectivity index (χ0v) is 12.5. The summed E-state index contributed by atoms with van der Waals surface area (Å²) in [4.78, 5) is 0. The van der Waals surface area contributed by atoms with E-state index in [0.717, 1.165) is 16.6 Å². The van der Waals surface area contributed by atoms with Crippen LogP contribution in [0.3, 0.4) is 0 Å². The van der Waals surface area contributed by atoms with E-state index >= 15 is 0 Å². The number of hydrogen-bond donors (Lipinski definition) is 1. The van der Waals surface area contributed by atoms with E-state index in [1.54, 1.807) is 0 Å². The van der Waals surface area contributed by atoms with Crippen LogP contribution in [0.15, 0.2) is 22.7 Å². The molecule has 0 heterocycles. The second-order valence-corrected chi connectivity index (χ2v) is 5.70. The van der Waals surface area contributed by atoms with Gasteiger partial charge in [-0.25, -0.2) is 4.39 Å². The Morgan fingerprint density at radius 3 is 2.41 bits per heavy atom. The molecule has 0 aliphatic heterocycles. The maximum absolute atomic E-state index is 13.9. The van der Waals surface area contributed by atoms with Gasteiger partial charge < -0.3 is 5.32 Å². The van der Waals surface area contributed by atoms with E-state index in [2.05, 4.69) is 48.9 Å². The molecule has 3 heteroatoms. The molecule has 0 amide bonds. The molecular weight excluding hydrogens is 281 g/mol. The van der Waals surface area contributed by atoms with E-state index in [4.69, 9.17) is 0 Å². The van der Waals surface area contributed by atoms with Crippen LogP contribution in [0.2, 0.25) is 0 Å². The van der Waals surface area contributed by atoms with Crippen LogP contribution in [0.1, 0.15) is 39.2 Å². The third-order valence-electron chi connectivity index (χ3n) is 3.15. The Morgan fingerprint density at radius 1 is 1.29 bits per heavy atom. The number of likely N-dealkylation sites (N-methyl/N-ethyl adjacent to an activating group) is 1. The zero-order chi connectivity index (χ0) is 13.0. The van der Waals surface area contributed by atoms with Crippen LogP contribution in [-0.2, 0) is 0 Å². The summed E-state index contributed by atoms with van der Waals surface area (Å²) in [6, 6.07) is 5.61. The van der Waals surface area contributed by atoms with Gasteiger partial charge in [0.1, 0.15) is 5.82 Å². The third kappa shape index (κ3) is 3.78. The Kier molecular flexibility index (Phi) is 5.60. The molecule has 2 unspecified atom stereocenters. The lowest BCUT2D eigenvalue weighted by Crippen LogP contribution is -2.38. The first-order valence-corrected chi connectivity index (χ1v) is 6.95. The molecule has 0 bridgehead atoms. The van der Waals surface area contributed by atoms with Crippen LogP contribution in [0.4, 0.5) is 4.39 Å². The quantitative estimate of drug-likeness (QED) is 0.854. The van der Waals surface area contributed by atoms with Crippen molar-refractivity contribution in [3.05, 3.63) is 34.1 Å². The van der Waals surface area contributed by atoms with E-state index in [9.17, 15) is 4.39 Å². The monoisotopic (exact) mass is 301 g/mol. The topological polar surface area (TPSA) is 12.0 Å². The first kappa shape index (κ1) is 14.7. The van der Waals surface area contributed by atoms with E-state index in [1.807, 2.05) is 12.1 Å². The van der Waals surface area contributed by atoms with E-state index in [1.165, 1.54) is 6.07 Å². The summed E-state index contributed by atoms with van der Waals surface area (Å²) in [5, 5.41) is 3.44. The highest BCUT2D eigenvalue weighted by atomic mass is 79.9. The standard InChI is InChI=1S/C14H21BrFN/c1-5-17-14(9(2)3)10(4)12-7-6-11(15)8-13(12)16/h6-10,14,17H,5H2,1-4H3. The van der Waals surface area contributed by atoms with Crippen molar-refractivity contribution in [3.8, 4) is 0 Å². The van der Waals surface area contributed by atoms with Gasteiger partial charge in [0.25, 0.3) is 0 Å². The van der Waals surface area contributed by atoms with E-state index < -0.39 is 0 Å². The Balaban J connectivity index is 2.96. The van der Waals surface area contributed by atoms with Crippen LogP contribution in [-0.4, -0.2) is 12.6 Å². The summed E-state index contributed by atoms with van der Waals surface area (Å²) in [6.45, 7) is 9.41.